The van der Waals surface area contributed by atoms with Crippen LogP contribution in [0.1, 0.15) is 0 Å². The van der Waals surface area contributed by atoms with Crippen molar-refractivity contribution in [3.8, 4) is 0 Å². The summed E-state index contributed by atoms with van der Waals surface area (Å²) in [4.78, 5) is 1.33. The van der Waals surface area contributed by atoms with Crippen LogP contribution in [0.4, 0.5) is 0 Å². The number of thiophene rings is 1. The van der Waals surface area contributed by atoms with E-state index >= 15 is 0 Å². The van der Waals surface area contributed by atoms with Crippen LogP contribution in [-0.4, -0.2) is 6.26 Å². The van der Waals surface area contributed by atoms with Crippen molar-refractivity contribution in [3.05, 3.63) is 15.2 Å². The molecule has 3 heteroatoms. The molecule has 0 amide bonds. The first-order chi connectivity index (χ1) is 3.84. The Morgan fingerprint density at radius 3 is 2.62 bits per heavy atom. The molecule has 0 saturated carbocycles. The van der Waals surface area contributed by atoms with Gasteiger partial charge in [0.25, 0.3) is 0 Å². The normalized spacial score (nSPS) is 9.75. The highest BCUT2D eigenvalue weighted by molar-refractivity contribution is 9.10. The summed E-state index contributed by atoms with van der Waals surface area (Å²) in [6, 6.07) is 0. The van der Waals surface area contributed by atoms with Gasteiger partial charge in [0.1, 0.15) is 0 Å². The second-order valence-corrected chi connectivity index (χ2v) is 3.73. The lowest BCUT2D eigenvalue weighted by Gasteiger charge is -1.85. The maximum absolute atomic E-state index is 3.42. The van der Waals surface area contributed by atoms with Crippen LogP contribution in [-0.2, 0) is 0 Å². The van der Waals surface area contributed by atoms with Crippen molar-refractivity contribution in [2.45, 2.75) is 4.90 Å². The summed E-state index contributed by atoms with van der Waals surface area (Å²) >= 11 is 6.90. The van der Waals surface area contributed by atoms with Gasteiger partial charge in [-0.1, -0.05) is 0 Å². The molecule has 44 valence electrons. The molecule has 0 fully saturated rings. The second-order valence-electron chi connectivity index (χ2n) is 1.29. The monoisotopic (exact) mass is 208 g/mol. The Balaban J connectivity index is 2.92. The predicted octanol–water partition coefficient (Wildman–Crippen LogP) is 3.23. The highest BCUT2D eigenvalue weighted by atomic mass is 79.9. The van der Waals surface area contributed by atoms with Gasteiger partial charge in [0, 0.05) is 20.1 Å². The van der Waals surface area contributed by atoms with E-state index in [2.05, 4.69) is 32.9 Å². The topological polar surface area (TPSA) is 0 Å². The summed E-state index contributed by atoms with van der Waals surface area (Å²) in [5, 5.41) is 4.22. The van der Waals surface area contributed by atoms with E-state index in [0.717, 1.165) is 0 Å². The summed E-state index contributed by atoms with van der Waals surface area (Å²) in [7, 11) is 0. The average Bonchev–Trinajstić information content (AvgIpc) is 2.14. The maximum atomic E-state index is 3.42. The van der Waals surface area contributed by atoms with Gasteiger partial charge in [-0.3, -0.25) is 0 Å². The van der Waals surface area contributed by atoms with Crippen molar-refractivity contribution in [1.29, 1.82) is 0 Å². The molecule has 0 spiro atoms. The van der Waals surface area contributed by atoms with Gasteiger partial charge in [-0.15, -0.1) is 11.8 Å². The van der Waals surface area contributed by atoms with E-state index in [1.54, 1.807) is 23.1 Å². The van der Waals surface area contributed by atoms with E-state index in [-0.39, 0.29) is 0 Å². The first-order valence-electron chi connectivity index (χ1n) is 2.10. The maximum Gasteiger partial charge on any atom is 0.0418 e. The fourth-order valence-corrected chi connectivity index (χ4v) is 2.94. The van der Waals surface area contributed by atoms with Crippen LogP contribution < -0.4 is 0 Å². The molecular weight excluding hydrogens is 204 g/mol. The Morgan fingerprint density at radius 1 is 1.62 bits per heavy atom. The fraction of sp³-hybridized carbons (Fsp3) is 0.200. The Labute approximate surface area is 65.4 Å². The molecule has 0 aliphatic heterocycles. The van der Waals surface area contributed by atoms with Crippen LogP contribution in [0.25, 0.3) is 0 Å². The molecule has 0 aliphatic carbocycles. The number of thioether (sulfide) groups is 1. The quantitative estimate of drug-likeness (QED) is 0.640. The first-order valence-corrected chi connectivity index (χ1v) is 5.06. The summed E-state index contributed by atoms with van der Waals surface area (Å²) in [5.74, 6) is 0. The third kappa shape index (κ3) is 1.27. The summed E-state index contributed by atoms with van der Waals surface area (Å²) in [6.45, 7) is 0. The van der Waals surface area contributed by atoms with E-state index in [1.165, 1.54) is 9.37 Å². The van der Waals surface area contributed by atoms with E-state index in [9.17, 15) is 0 Å². The molecule has 0 aromatic carbocycles. The number of hydrogen-bond acceptors (Lipinski definition) is 2. The summed E-state index contributed by atoms with van der Waals surface area (Å²) in [6.07, 6.45) is 2.08. The Morgan fingerprint density at radius 2 is 2.38 bits per heavy atom. The lowest BCUT2D eigenvalue weighted by atomic mass is 10.7. The van der Waals surface area contributed by atoms with Gasteiger partial charge in [-0.2, -0.15) is 11.3 Å². The first kappa shape index (κ1) is 6.65. The van der Waals surface area contributed by atoms with Crippen molar-refractivity contribution < 1.29 is 0 Å². The van der Waals surface area contributed by atoms with Gasteiger partial charge in [0.15, 0.2) is 0 Å². The average molecular weight is 209 g/mol. The molecule has 0 unspecified atom stereocenters. The third-order valence-corrected chi connectivity index (χ3v) is 3.69. The molecule has 0 atom stereocenters. The van der Waals surface area contributed by atoms with Gasteiger partial charge in [0.05, 0.1) is 0 Å². The number of rotatable bonds is 1. The molecule has 0 bridgehead atoms. The number of halogens is 1. The van der Waals surface area contributed by atoms with E-state index in [1.807, 2.05) is 0 Å². The van der Waals surface area contributed by atoms with Gasteiger partial charge >= 0.3 is 0 Å². The minimum absolute atomic E-state index is 1.22. The molecule has 8 heavy (non-hydrogen) atoms. The van der Waals surface area contributed by atoms with Crippen molar-refractivity contribution in [2.75, 3.05) is 6.26 Å². The zero-order chi connectivity index (χ0) is 5.98. The number of hydrogen-bond donors (Lipinski definition) is 0. The van der Waals surface area contributed by atoms with E-state index in [4.69, 9.17) is 0 Å². The highest BCUT2D eigenvalue weighted by Gasteiger charge is 1.95. The van der Waals surface area contributed by atoms with Crippen LogP contribution in [0.2, 0.25) is 0 Å². The molecule has 1 aromatic heterocycles. The smallest absolute Gasteiger partial charge is 0.0418 e. The van der Waals surface area contributed by atoms with E-state index < -0.39 is 0 Å². The molecular formula is C5H5BrS2. The highest BCUT2D eigenvalue weighted by Crippen LogP contribution is 2.28. The third-order valence-electron chi connectivity index (χ3n) is 0.802. The lowest BCUT2D eigenvalue weighted by molar-refractivity contribution is 1.53. The zero-order valence-corrected chi connectivity index (χ0v) is 7.57. The van der Waals surface area contributed by atoms with Crippen molar-refractivity contribution in [2.24, 2.45) is 0 Å². The molecule has 0 nitrogen and oxygen atoms in total. The minimum Gasteiger partial charge on any atom is -0.150 e. The largest absolute Gasteiger partial charge is 0.150 e. The van der Waals surface area contributed by atoms with Crippen LogP contribution in [0.15, 0.2) is 20.1 Å². The predicted molar refractivity (Wildman–Crippen MR) is 43.8 cm³/mol. The molecule has 0 radical (unpaired) electrons. The molecule has 0 saturated heterocycles. The Bertz CT molecular complexity index is 171. The van der Waals surface area contributed by atoms with Gasteiger partial charge in [-0.25, -0.2) is 0 Å². The van der Waals surface area contributed by atoms with E-state index in [0.29, 0.717) is 0 Å². The van der Waals surface area contributed by atoms with Crippen LogP contribution in [0.3, 0.4) is 0 Å². The van der Waals surface area contributed by atoms with Crippen molar-refractivity contribution >= 4 is 39.0 Å². The second kappa shape index (κ2) is 2.90. The molecule has 1 aromatic rings. The van der Waals surface area contributed by atoms with Crippen LogP contribution >= 0.6 is 39.0 Å². The molecule has 0 N–H and O–H groups in total. The van der Waals surface area contributed by atoms with Crippen LogP contribution in [0.5, 0.6) is 0 Å². The zero-order valence-electron chi connectivity index (χ0n) is 4.35. The molecule has 1 rings (SSSR count). The lowest BCUT2D eigenvalue weighted by Crippen LogP contribution is -1.57. The SMILES string of the molecule is CSc1cscc1Br. The molecule has 0 aliphatic rings. The van der Waals surface area contributed by atoms with Gasteiger partial charge in [0.2, 0.25) is 0 Å². The van der Waals surface area contributed by atoms with Crippen molar-refractivity contribution in [1.82, 2.24) is 0 Å². The Kier molecular flexibility index (Phi) is 2.41. The Hall–Kier alpha value is 0.530. The summed E-state index contributed by atoms with van der Waals surface area (Å²) in [5.41, 5.74) is 0. The minimum atomic E-state index is 1.22. The summed E-state index contributed by atoms with van der Waals surface area (Å²) < 4.78 is 1.22. The van der Waals surface area contributed by atoms with Crippen molar-refractivity contribution in [3.63, 3.8) is 0 Å². The fourth-order valence-electron chi connectivity index (χ4n) is 0.416. The molecule has 1 heterocycles. The standard InChI is InChI=1S/C5H5BrS2/c1-7-5-3-8-2-4(5)6/h2-3H,1H3. The van der Waals surface area contributed by atoms with Crippen LogP contribution in [0, 0.1) is 0 Å². The van der Waals surface area contributed by atoms with Gasteiger partial charge in [-0.05, 0) is 22.2 Å². The van der Waals surface area contributed by atoms with Gasteiger partial charge < -0.3 is 0 Å².